The van der Waals surface area contributed by atoms with Gasteiger partial charge in [0, 0.05) is 13.1 Å². The van der Waals surface area contributed by atoms with E-state index >= 15 is 0 Å². The van der Waals surface area contributed by atoms with Crippen LogP contribution in [0.1, 0.15) is 56.4 Å². The molecule has 0 bridgehead atoms. The molecule has 0 spiro atoms. The predicted octanol–water partition coefficient (Wildman–Crippen LogP) is 2.61. The van der Waals surface area contributed by atoms with Crippen LogP contribution in [0.4, 0.5) is 5.82 Å². The maximum Gasteiger partial charge on any atom is 0.271 e. The van der Waals surface area contributed by atoms with E-state index in [0.29, 0.717) is 12.2 Å². The Kier molecular flexibility index (Phi) is 7.54. The van der Waals surface area contributed by atoms with Crippen LogP contribution < -0.4 is 10.6 Å². The van der Waals surface area contributed by atoms with Crippen LogP contribution in [-0.2, 0) is 0 Å². The van der Waals surface area contributed by atoms with Crippen molar-refractivity contribution in [1.82, 2.24) is 15.5 Å². The number of anilines is 1. The molecule has 5 nitrogen and oxygen atoms in total. The van der Waals surface area contributed by atoms with Crippen molar-refractivity contribution in [1.29, 1.82) is 0 Å². The van der Waals surface area contributed by atoms with E-state index < -0.39 is 0 Å². The van der Waals surface area contributed by atoms with Gasteiger partial charge in [0.15, 0.2) is 5.69 Å². The maximum atomic E-state index is 11.7. The molecular formula is C14H24N4O. The minimum atomic E-state index is -0.149. The van der Waals surface area contributed by atoms with Crippen LogP contribution in [0.3, 0.4) is 0 Å². The summed E-state index contributed by atoms with van der Waals surface area (Å²) in [6, 6.07) is 3.50. The second kappa shape index (κ2) is 9.30. The van der Waals surface area contributed by atoms with Crippen LogP contribution in [0.2, 0.25) is 0 Å². The predicted molar refractivity (Wildman–Crippen MR) is 77.3 cm³/mol. The molecule has 106 valence electrons. The molecule has 0 atom stereocenters. The highest BCUT2D eigenvalue weighted by molar-refractivity contribution is 5.92. The zero-order chi connectivity index (χ0) is 13.9. The Morgan fingerprint density at radius 1 is 1.05 bits per heavy atom. The molecule has 0 fully saturated rings. The first-order valence-corrected chi connectivity index (χ1v) is 7.13. The summed E-state index contributed by atoms with van der Waals surface area (Å²) in [5.74, 6) is 0.569. The van der Waals surface area contributed by atoms with Gasteiger partial charge in [0.2, 0.25) is 0 Å². The van der Waals surface area contributed by atoms with Crippen molar-refractivity contribution in [3.63, 3.8) is 0 Å². The van der Waals surface area contributed by atoms with Crippen LogP contribution in [0.15, 0.2) is 12.1 Å². The fraction of sp³-hybridized carbons (Fsp3) is 0.643. The Morgan fingerprint density at radius 2 is 1.84 bits per heavy atom. The van der Waals surface area contributed by atoms with E-state index in [2.05, 4.69) is 34.7 Å². The van der Waals surface area contributed by atoms with Crippen molar-refractivity contribution in [2.75, 3.05) is 18.4 Å². The second-order valence-electron chi connectivity index (χ2n) is 4.55. The molecule has 0 saturated heterocycles. The minimum absolute atomic E-state index is 0.149. The molecule has 1 amide bonds. The normalized spacial score (nSPS) is 10.2. The van der Waals surface area contributed by atoms with Crippen molar-refractivity contribution < 1.29 is 4.79 Å². The maximum absolute atomic E-state index is 11.7. The lowest BCUT2D eigenvalue weighted by Crippen LogP contribution is -2.25. The van der Waals surface area contributed by atoms with E-state index in [1.54, 1.807) is 12.1 Å². The number of rotatable bonds is 9. The van der Waals surface area contributed by atoms with E-state index in [1.807, 2.05) is 0 Å². The third kappa shape index (κ3) is 6.18. The monoisotopic (exact) mass is 264 g/mol. The van der Waals surface area contributed by atoms with Gasteiger partial charge in [0.25, 0.3) is 5.91 Å². The molecule has 2 N–H and O–H groups in total. The topological polar surface area (TPSA) is 66.9 Å². The Morgan fingerprint density at radius 3 is 2.47 bits per heavy atom. The quantitative estimate of drug-likeness (QED) is 0.673. The number of hydrogen-bond acceptors (Lipinski definition) is 4. The second-order valence-corrected chi connectivity index (χ2v) is 4.55. The zero-order valence-corrected chi connectivity index (χ0v) is 11.9. The van der Waals surface area contributed by atoms with Crippen molar-refractivity contribution >= 4 is 11.7 Å². The molecule has 19 heavy (non-hydrogen) atoms. The Hall–Kier alpha value is -1.65. The summed E-state index contributed by atoms with van der Waals surface area (Å²) in [5.41, 5.74) is 0.373. The molecule has 1 aromatic heterocycles. The summed E-state index contributed by atoms with van der Waals surface area (Å²) in [6.07, 6.45) is 5.52. The van der Waals surface area contributed by atoms with Crippen LogP contribution >= 0.6 is 0 Å². The lowest BCUT2D eigenvalue weighted by Gasteiger charge is -2.05. The van der Waals surface area contributed by atoms with Gasteiger partial charge in [-0.25, -0.2) is 0 Å². The summed E-state index contributed by atoms with van der Waals surface area (Å²) < 4.78 is 0. The van der Waals surface area contributed by atoms with Crippen LogP contribution in [0.25, 0.3) is 0 Å². The number of nitrogens with one attached hydrogen (secondary N) is 2. The molecule has 5 heteroatoms. The molecule has 1 rings (SSSR count). The lowest BCUT2D eigenvalue weighted by molar-refractivity contribution is 0.0947. The number of unbranched alkanes of at least 4 members (excludes halogenated alkanes) is 3. The van der Waals surface area contributed by atoms with Gasteiger partial charge in [-0.15, -0.1) is 10.2 Å². The van der Waals surface area contributed by atoms with Crippen molar-refractivity contribution in [2.45, 2.75) is 46.0 Å². The number of amides is 1. The first-order chi connectivity index (χ1) is 9.27. The largest absolute Gasteiger partial charge is 0.369 e. The third-order valence-electron chi connectivity index (χ3n) is 2.80. The molecule has 0 aromatic carbocycles. The molecular weight excluding hydrogens is 240 g/mol. The highest BCUT2D eigenvalue weighted by Crippen LogP contribution is 2.02. The van der Waals surface area contributed by atoms with Gasteiger partial charge in [-0.05, 0) is 25.0 Å². The van der Waals surface area contributed by atoms with Crippen molar-refractivity contribution in [2.24, 2.45) is 0 Å². The van der Waals surface area contributed by atoms with Gasteiger partial charge in [-0.3, -0.25) is 4.79 Å². The Bertz CT molecular complexity index is 364. The third-order valence-corrected chi connectivity index (χ3v) is 2.80. The summed E-state index contributed by atoms with van der Waals surface area (Å²) in [6.45, 7) is 5.86. The SMILES string of the molecule is CCCCCNC(=O)c1ccc(NCCCC)nn1. The zero-order valence-electron chi connectivity index (χ0n) is 11.9. The standard InChI is InChI=1S/C14H24N4O/c1-3-5-7-11-16-14(19)12-8-9-13(18-17-12)15-10-6-4-2/h8-9H,3-7,10-11H2,1-2H3,(H,15,18)(H,16,19). The molecule has 1 aromatic rings. The molecule has 0 unspecified atom stereocenters. The summed E-state index contributed by atoms with van der Waals surface area (Å²) in [5, 5.41) is 13.9. The van der Waals surface area contributed by atoms with Crippen molar-refractivity contribution in [3.05, 3.63) is 17.8 Å². The summed E-state index contributed by atoms with van der Waals surface area (Å²) in [4.78, 5) is 11.7. The number of aromatic nitrogens is 2. The van der Waals surface area contributed by atoms with Gasteiger partial charge in [-0.1, -0.05) is 33.1 Å². The van der Waals surface area contributed by atoms with Crippen LogP contribution in [0, 0.1) is 0 Å². The van der Waals surface area contributed by atoms with Gasteiger partial charge in [0.05, 0.1) is 0 Å². The minimum Gasteiger partial charge on any atom is -0.369 e. The van der Waals surface area contributed by atoms with Gasteiger partial charge in [-0.2, -0.15) is 0 Å². The Labute approximate surface area is 115 Å². The number of carbonyl (C=O) groups is 1. The molecule has 0 saturated carbocycles. The molecule has 1 heterocycles. The molecule has 0 aliphatic carbocycles. The number of carbonyl (C=O) groups excluding carboxylic acids is 1. The van der Waals surface area contributed by atoms with Gasteiger partial charge < -0.3 is 10.6 Å². The van der Waals surface area contributed by atoms with E-state index in [9.17, 15) is 4.79 Å². The average Bonchev–Trinajstić information content (AvgIpc) is 2.44. The van der Waals surface area contributed by atoms with E-state index in [-0.39, 0.29) is 5.91 Å². The lowest BCUT2D eigenvalue weighted by atomic mass is 10.2. The molecule has 0 radical (unpaired) electrons. The smallest absolute Gasteiger partial charge is 0.271 e. The molecule has 0 aliphatic heterocycles. The highest BCUT2D eigenvalue weighted by atomic mass is 16.1. The number of hydrogen-bond donors (Lipinski definition) is 2. The van der Waals surface area contributed by atoms with E-state index in [4.69, 9.17) is 0 Å². The summed E-state index contributed by atoms with van der Waals surface area (Å²) in [7, 11) is 0. The van der Waals surface area contributed by atoms with Crippen molar-refractivity contribution in [3.8, 4) is 0 Å². The first-order valence-electron chi connectivity index (χ1n) is 7.13. The van der Waals surface area contributed by atoms with E-state index in [0.717, 1.165) is 44.5 Å². The fourth-order valence-corrected chi connectivity index (χ4v) is 1.61. The van der Waals surface area contributed by atoms with Crippen LogP contribution in [0.5, 0.6) is 0 Å². The van der Waals surface area contributed by atoms with Gasteiger partial charge >= 0.3 is 0 Å². The first kappa shape index (κ1) is 15.4. The van der Waals surface area contributed by atoms with Gasteiger partial charge in [0.1, 0.15) is 5.82 Å². The van der Waals surface area contributed by atoms with E-state index in [1.165, 1.54) is 0 Å². The Balaban J connectivity index is 2.35. The molecule has 0 aliphatic rings. The summed E-state index contributed by atoms with van der Waals surface area (Å²) >= 11 is 0. The fourth-order valence-electron chi connectivity index (χ4n) is 1.61. The average molecular weight is 264 g/mol. The van der Waals surface area contributed by atoms with Crippen LogP contribution in [-0.4, -0.2) is 29.2 Å². The number of nitrogens with zero attached hydrogens (tertiary/aromatic N) is 2. The highest BCUT2D eigenvalue weighted by Gasteiger charge is 2.06.